The summed E-state index contributed by atoms with van der Waals surface area (Å²) >= 11 is 0. The molecular formula is C23H27F3N6O. The highest BCUT2D eigenvalue weighted by atomic mass is 19.3. The fraction of sp³-hybridized carbons (Fsp3) is 0.435. The lowest BCUT2D eigenvalue weighted by atomic mass is 10.1. The Balaban J connectivity index is 1.75. The van der Waals surface area contributed by atoms with Crippen LogP contribution < -0.4 is 15.8 Å². The van der Waals surface area contributed by atoms with Crippen LogP contribution in [-0.4, -0.2) is 52.2 Å². The Kier molecular flexibility index (Phi) is 6.29. The minimum atomic E-state index is -2.89. The van der Waals surface area contributed by atoms with E-state index < -0.39 is 17.8 Å². The molecule has 176 valence electrons. The van der Waals surface area contributed by atoms with Gasteiger partial charge in [-0.15, -0.1) is 0 Å². The summed E-state index contributed by atoms with van der Waals surface area (Å²) in [6, 6.07) is 5.85. The van der Waals surface area contributed by atoms with E-state index in [0.717, 1.165) is 19.2 Å². The number of nitrogens with zero attached hydrogens (tertiary/aromatic N) is 5. The standard InChI is InChI=1S/C23H27F3N6O/c1-13-12-30(3)8-9-32(13)18-10-17-21(28-14(2)29-22(17)31(4)23(18)33)27-11-15-6-5-7-16(19(15)24)20(25)26/h5-7,10,13,20H,8-9,11-12H2,1-4H3,(H,27,28,29). The van der Waals surface area contributed by atoms with Crippen molar-refractivity contribution in [3.8, 4) is 0 Å². The molecule has 10 heteroatoms. The highest BCUT2D eigenvalue weighted by Crippen LogP contribution is 2.27. The van der Waals surface area contributed by atoms with E-state index in [1.807, 2.05) is 7.05 Å². The molecule has 2 aromatic heterocycles. The molecule has 0 bridgehead atoms. The van der Waals surface area contributed by atoms with Gasteiger partial charge in [-0.2, -0.15) is 0 Å². The number of hydrogen-bond donors (Lipinski definition) is 1. The molecule has 0 spiro atoms. The number of rotatable bonds is 5. The minimum absolute atomic E-state index is 0.0406. The average Bonchev–Trinajstić information content (AvgIpc) is 2.76. The number of fused-ring (bicyclic) bond motifs is 1. The first-order valence-corrected chi connectivity index (χ1v) is 10.8. The normalized spacial score (nSPS) is 17.2. The number of piperazine rings is 1. The summed E-state index contributed by atoms with van der Waals surface area (Å²) in [6.07, 6.45) is -2.89. The van der Waals surface area contributed by atoms with Crippen LogP contribution in [0.3, 0.4) is 0 Å². The van der Waals surface area contributed by atoms with Crippen molar-refractivity contribution in [2.24, 2.45) is 7.05 Å². The van der Waals surface area contributed by atoms with E-state index in [1.165, 1.54) is 16.7 Å². The lowest BCUT2D eigenvalue weighted by molar-refractivity contribution is 0.146. The number of nitrogens with one attached hydrogen (secondary N) is 1. The predicted octanol–water partition coefficient (Wildman–Crippen LogP) is 3.47. The van der Waals surface area contributed by atoms with Gasteiger partial charge in [0, 0.05) is 44.8 Å². The molecule has 1 aliphatic heterocycles. The smallest absolute Gasteiger partial charge is 0.275 e. The number of anilines is 2. The lowest BCUT2D eigenvalue weighted by Gasteiger charge is -2.39. The molecule has 0 radical (unpaired) electrons. The Morgan fingerprint density at radius 3 is 2.67 bits per heavy atom. The van der Waals surface area contributed by atoms with Gasteiger partial charge >= 0.3 is 0 Å². The fourth-order valence-electron chi connectivity index (χ4n) is 4.34. The molecule has 1 N–H and O–H groups in total. The summed E-state index contributed by atoms with van der Waals surface area (Å²) in [5, 5.41) is 3.67. The molecule has 1 aliphatic rings. The SMILES string of the molecule is Cc1nc(NCc2cccc(C(F)F)c2F)c2cc(N3CCN(C)CC3C)c(=O)n(C)c2n1. The minimum Gasteiger partial charge on any atom is -0.365 e. The van der Waals surface area contributed by atoms with E-state index in [1.54, 1.807) is 20.0 Å². The Bertz CT molecular complexity index is 1250. The average molecular weight is 461 g/mol. The number of alkyl halides is 2. The number of halogens is 3. The molecule has 7 nitrogen and oxygen atoms in total. The maximum atomic E-state index is 14.5. The fourth-order valence-corrected chi connectivity index (χ4v) is 4.34. The number of aromatic nitrogens is 3. The summed E-state index contributed by atoms with van der Waals surface area (Å²) in [6.45, 7) is 6.10. The number of likely N-dealkylation sites (N-methyl/N-ethyl adjacent to an activating group) is 1. The van der Waals surface area contributed by atoms with Gasteiger partial charge in [0.05, 0.1) is 10.9 Å². The summed E-state index contributed by atoms with van der Waals surface area (Å²) in [5.74, 6) is -0.0880. The van der Waals surface area contributed by atoms with Crippen LogP contribution >= 0.6 is 0 Å². The van der Waals surface area contributed by atoms with Gasteiger partial charge in [-0.1, -0.05) is 18.2 Å². The number of pyridine rings is 1. The van der Waals surface area contributed by atoms with Crippen molar-refractivity contribution in [2.75, 3.05) is 36.9 Å². The van der Waals surface area contributed by atoms with Gasteiger partial charge in [0.25, 0.3) is 12.0 Å². The second-order valence-electron chi connectivity index (χ2n) is 8.53. The lowest BCUT2D eigenvalue weighted by Crippen LogP contribution is -2.52. The van der Waals surface area contributed by atoms with Crippen molar-refractivity contribution in [3.63, 3.8) is 0 Å². The topological polar surface area (TPSA) is 66.3 Å². The van der Waals surface area contributed by atoms with Crippen molar-refractivity contribution < 1.29 is 13.2 Å². The second-order valence-corrected chi connectivity index (χ2v) is 8.53. The zero-order chi connectivity index (χ0) is 23.9. The van der Waals surface area contributed by atoms with Gasteiger partial charge in [-0.3, -0.25) is 9.36 Å². The maximum absolute atomic E-state index is 14.5. The van der Waals surface area contributed by atoms with E-state index in [0.29, 0.717) is 34.9 Å². The van der Waals surface area contributed by atoms with Crippen molar-refractivity contribution >= 4 is 22.5 Å². The summed E-state index contributed by atoms with van der Waals surface area (Å²) in [4.78, 5) is 26.4. The molecule has 0 amide bonds. The van der Waals surface area contributed by atoms with E-state index >= 15 is 0 Å². The Labute approximate surface area is 189 Å². The van der Waals surface area contributed by atoms with Gasteiger partial charge in [0.1, 0.15) is 28.8 Å². The van der Waals surface area contributed by atoms with E-state index in [9.17, 15) is 18.0 Å². The van der Waals surface area contributed by atoms with E-state index in [2.05, 4.69) is 32.0 Å². The summed E-state index contributed by atoms with van der Waals surface area (Å²) in [7, 11) is 3.71. The van der Waals surface area contributed by atoms with Crippen LogP contribution in [0, 0.1) is 12.7 Å². The largest absolute Gasteiger partial charge is 0.365 e. The molecular weight excluding hydrogens is 433 g/mol. The number of hydrogen-bond acceptors (Lipinski definition) is 6. The van der Waals surface area contributed by atoms with Crippen molar-refractivity contribution in [1.29, 1.82) is 0 Å². The van der Waals surface area contributed by atoms with Gasteiger partial charge in [-0.05, 0) is 27.0 Å². The van der Waals surface area contributed by atoms with Gasteiger partial charge in [0.2, 0.25) is 0 Å². The first kappa shape index (κ1) is 23.0. The van der Waals surface area contributed by atoms with Crippen LogP contribution in [-0.2, 0) is 13.6 Å². The summed E-state index contributed by atoms with van der Waals surface area (Å²) < 4.78 is 42.1. The van der Waals surface area contributed by atoms with Gasteiger partial charge in [0.15, 0.2) is 0 Å². The number of aryl methyl sites for hydroxylation is 2. The number of benzene rings is 1. The van der Waals surface area contributed by atoms with Crippen LogP contribution in [0.2, 0.25) is 0 Å². The molecule has 33 heavy (non-hydrogen) atoms. The molecule has 3 aromatic rings. The van der Waals surface area contributed by atoms with Crippen LogP contribution in [0.15, 0.2) is 29.1 Å². The van der Waals surface area contributed by atoms with Crippen molar-refractivity contribution in [2.45, 2.75) is 32.9 Å². The molecule has 4 rings (SSSR count). The zero-order valence-corrected chi connectivity index (χ0v) is 19.1. The zero-order valence-electron chi connectivity index (χ0n) is 19.1. The third-order valence-electron chi connectivity index (χ3n) is 6.09. The molecule has 1 saturated heterocycles. The molecule has 0 aliphatic carbocycles. The van der Waals surface area contributed by atoms with Gasteiger partial charge < -0.3 is 15.1 Å². The molecule has 1 atom stereocenters. The summed E-state index contributed by atoms with van der Waals surface area (Å²) in [5.41, 5.74) is 0.314. The second kappa shape index (κ2) is 9.01. The Morgan fingerprint density at radius 1 is 1.21 bits per heavy atom. The third-order valence-corrected chi connectivity index (χ3v) is 6.09. The van der Waals surface area contributed by atoms with Crippen LogP contribution in [0.5, 0.6) is 0 Å². The van der Waals surface area contributed by atoms with Crippen molar-refractivity contribution in [1.82, 2.24) is 19.4 Å². The monoisotopic (exact) mass is 460 g/mol. The third kappa shape index (κ3) is 4.39. The first-order valence-electron chi connectivity index (χ1n) is 10.8. The van der Waals surface area contributed by atoms with E-state index in [4.69, 9.17) is 0 Å². The highest BCUT2D eigenvalue weighted by molar-refractivity contribution is 5.89. The highest BCUT2D eigenvalue weighted by Gasteiger charge is 2.25. The van der Waals surface area contributed by atoms with Crippen LogP contribution in [0.1, 0.15) is 30.3 Å². The van der Waals surface area contributed by atoms with Crippen LogP contribution in [0.4, 0.5) is 24.7 Å². The van der Waals surface area contributed by atoms with Crippen molar-refractivity contribution in [3.05, 3.63) is 57.4 Å². The van der Waals surface area contributed by atoms with Crippen LogP contribution in [0.25, 0.3) is 11.0 Å². The molecule has 1 unspecified atom stereocenters. The predicted molar refractivity (Wildman–Crippen MR) is 123 cm³/mol. The first-order chi connectivity index (χ1) is 15.7. The molecule has 1 aromatic carbocycles. The molecule has 1 fully saturated rings. The van der Waals surface area contributed by atoms with E-state index in [-0.39, 0.29) is 23.7 Å². The Morgan fingerprint density at radius 2 is 1.97 bits per heavy atom. The maximum Gasteiger partial charge on any atom is 0.275 e. The van der Waals surface area contributed by atoms with Gasteiger partial charge in [-0.25, -0.2) is 23.1 Å². The quantitative estimate of drug-likeness (QED) is 0.629. The Hall–Kier alpha value is -3.14. The molecule has 0 saturated carbocycles. The molecule has 3 heterocycles.